The lowest BCUT2D eigenvalue weighted by Crippen LogP contribution is -2.64. The van der Waals surface area contributed by atoms with Crippen LogP contribution in [0, 0.1) is 0 Å². The van der Waals surface area contributed by atoms with Crippen molar-refractivity contribution in [3.8, 4) is 0 Å². The molecule has 2 fully saturated rings. The summed E-state index contributed by atoms with van der Waals surface area (Å²) < 4.78 is 23.8. The van der Waals surface area contributed by atoms with E-state index in [1.165, 1.54) is 36.6 Å². The molecule has 0 saturated carbocycles. The van der Waals surface area contributed by atoms with Crippen LogP contribution in [0.1, 0.15) is 33.1 Å². The summed E-state index contributed by atoms with van der Waals surface area (Å²) in [5, 5.41) is 2.86. The molecule has 0 aromatic heterocycles. The number of likely N-dealkylation sites (N-methyl/N-ethyl adjacent to an activating group) is 1. The Balaban J connectivity index is 0.00000161. The first-order valence-electron chi connectivity index (χ1n) is 9.90. The van der Waals surface area contributed by atoms with Gasteiger partial charge in [-0.25, -0.2) is 0 Å². The number of hydrogen-bond donors (Lipinski definition) is 1. The maximum Gasteiger partial charge on any atom is 0.238 e. The molecule has 2 aliphatic heterocycles. The average molecular weight is 866 g/mol. The highest BCUT2D eigenvalue weighted by molar-refractivity contribution is 14.2. The lowest BCUT2D eigenvalue weighted by atomic mass is 9.95. The molecule has 7 unspecified atom stereocenters. The summed E-state index contributed by atoms with van der Waals surface area (Å²) in [7, 11) is 5.42. The van der Waals surface area contributed by atoms with Gasteiger partial charge >= 0.3 is 0 Å². The van der Waals surface area contributed by atoms with Gasteiger partial charge < -0.3 is 14.8 Å². The van der Waals surface area contributed by atoms with Crippen molar-refractivity contribution in [3.05, 3.63) is 0 Å². The SMILES string of the molecule is CCC.CSC1OC(C(C=O)NC(=O)C2CCCN2C)C(OSI)C(OSI)C1OSI. The molecule has 0 aromatic rings. The summed E-state index contributed by atoms with van der Waals surface area (Å²) in [6.45, 7) is 5.12. The van der Waals surface area contributed by atoms with E-state index in [0.717, 1.165) is 28.6 Å². The van der Waals surface area contributed by atoms with Crippen LogP contribution in [0.15, 0.2) is 0 Å². The number of carbonyl (C=O) groups excluding carboxylic acids is 2. The molecule has 7 atom stereocenters. The van der Waals surface area contributed by atoms with Crippen LogP contribution in [0.2, 0.25) is 0 Å². The van der Waals surface area contributed by atoms with Crippen LogP contribution in [0.25, 0.3) is 0 Å². The number of nitrogens with one attached hydrogen (secondary N) is 1. The van der Waals surface area contributed by atoms with E-state index in [9.17, 15) is 9.59 Å². The molecular weight excluding hydrogens is 837 g/mol. The van der Waals surface area contributed by atoms with Crippen LogP contribution in [0.3, 0.4) is 0 Å². The van der Waals surface area contributed by atoms with Crippen molar-refractivity contribution in [1.29, 1.82) is 0 Å². The molecule has 0 aromatic carbocycles. The first kappa shape index (κ1) is 32.6. The third kappa shape index (κ3) is 9.77. The van der Waals surface area contributed by atoms with E-state index < -0.39 is 30.5 Å². The van der Waals surface area contributed by atoms with Crippen molar-refractivity contribution in [2.45, 2.75) is 75.0 Å². The number of carbonyl (C=O) groups is 2. The number of likely N-dealkylation sites (tertiary alicyclic amines) is 1. The fraction of sp³-hybridized carbons (Fsp3) is 0.882. The highest BCUT2D eigenvalue weighted by Gasteiger charge is 2.52. The summed E-state index contributed by atoms with van der Waals surface area (Å²) in [6.07, 6.45) is 3.36. The molecule has 2 heterocycles. The van der Waals surface area contributed by atoms with E-state index in [0.29, 0.717) is 6.29 Å². The molecule has 2 saturated heterocycles. The first-order valence-corrected chi connectivity index (χ1v) is 21.0. The minimum Gasteiger partial charge on any atom is -0.356 e. The van der Waals surface area contributed by atoms with Gasteiger partial charge in [0.1, 0.15) is 42.2 Å². The summed E-state index contributed by atoms with van der Waals surface area (Å²) >= 11 is 7.57. The number of amides is 1. The number of thioether (sulfide) groups is 1. The van der Waals surface area contributed by atoms with Crippen LogP contribution >= 0.6 is 103 Å². The summed E-state index contributed by atoms with van der Waals surface area (Å²) in [6, 6.07) is -1.10. The molecule has 188 valence electrons. The topological polar surface area (TPSA) is 86.3 Å². The zero-order valence-corrected chi connectivity index (χ0v) is 27.8. The molecule has 1 amide bonds. The zero-order valence-electron chi connectivity index (χ0n) is 18.1. The second-order valence-electron chi connectivity index (χ2n) is 7.09. The van der Waals surface area contributed by atoms with Crippen molar-refractivity contribution >= 4 is 115 Å². The Morgan fingerprint density at radius 3 is 2.19 bits per heavy atom. The van der Waals surface area contributed by atoms with Gasteiger partial charge in [-0.05, 0) is 32.7 Å². The quantitative estimate of drug-likeness (QED) is 0.164. The highest BCUT2D eigenvalue weighted by atomic mass is 127. The Morgan fingerprint density at radius 1 is 1.16 bits per heavy atom. The molecule has 0 radical (unpaired) electrons. The van der Waals surface area contributed by atoms with Crippen molar-refractivity contribution < 1.29 is 26.9 Å². The van der Waals surface area contributed by atoms with Gasteiger partial charge in [-0.3, -0.25) is 22.2 Å². The maximum absolute atomic E-state index is 12.8. The molecule has 8 nitrogen and oxygen atoms in total. The van der Waals surface area contributed by atoms with Gasteiger partial charge in [-0.15, -0.1) is 11.8 Å². The average Bonchev–Trinajstić information content (AvgIpc) is 3.21. The normalized spacial score (nSPS) is 31.5. The van der Waals surface area contributed by atoms with Gasteiger partial charge in [0.15, 0.2) is 0 Å². The zero-order chi connectivity index (χ0) is 24.1. The predicted molar refractivity (Wildman–Crippen MR) is 161 cm³/mol. The van der Waals surface area contributed by atoms with Crippen molar-refractivity contribution in [2.75, 3.05) is 19.8 Å². The third-order valence-electron chi connectivity index (χ3n) is 4.84. The molecule has 0 spiro atoms. The lowest BCUT2D eigenvalue weighted by Gasteiger charge is -2.45. The smallest absolute Gasteiger partial charge is 0.238 e. The van der Waals surface area contributed by atoms with Gasteiger partial charge in [0.25, 0.3) is 0 Å². The van der Waals surface area contributed by atoms with E-state index in [1.807, 2.05) is 81.8 Å². The third-order valence-corrected chi connectivity index (χ3v) is 8.44. The molecule has 1 N–H and O–H groups in total. The number of aldehydes is 1. The Labute approximate surface area is 244 Å². The minimum absolute atomic E-state index is 0.172. The van der Waals surface area contributed by atoms with E-state index >= 15 is 0 Å². The summed E-state index contributed by atoms with van der Waals surface area (Å²) in [5.41, 5.74) is -0.386. The fourth-order valence-electron chi connectivity index (χ4n) is 3.46. The van der Waals surface area contributed by atoms with Gasteiger partial charge in [0.2, 0.25) is 5.91 Å². The van der Waals surface area contributed by atoms with E-state index in [2.05, 4.69) is 19.2 Å². The van der Waals surface area contributed by atoms with Gasteiger partial charge in [0, 0.05) is 63.6 Å². The van der Waals surface area contributed by atoms with Crippen LogP contribution in [0.4, 0.5) is 0 Å². The molecule has 0 aliphatic carbocycles. The standard InChI is InChI=1S/C14H21I3N2O6S4.C3H8/c1-19-5-3-4-8(19)13(21)18-7(6-20)9-10(23-27-15)11(24-28-16)12(25-29-17)14(22-9)26-2;1-3-2/h6-12,14H,3-5H2,1-2H3,(H,18,21);3H2,1-2H3. The Morgan fingerprint density at radius 2 is 1.72 bits per heavy atom. The monoisotopic (exact) mass is 866 g/mol. The van der Waals surface area contributed by atoms with Crippen LogP contribution in [0.5, 0.6) is 0 Å². The Bertz CT molecular complexity index is 562. The maximum atomic E-state index is 12.8. The molecular formula is C17H29I3N2O6S4. The number of ether oxygens (including phenoxy) is 1. The Kier molecular flexibility index (Phi) is 19.1. The van der Waals surface area contributed by atoms with Gasteiger partial charge in [0.05, 0.1) is 33.7 Å². The van der Waals surface area contributed by atoms with E-state index in [4.69, 9.17) is 17.3 Å². The lowest BCUT2D eigenvalue weighted by molar-refractivity contribution is -0.174. The van der Waals surface area contributed by atoms with Crippen molar-refractivity contribution in [1.82, 2.24) is 10.2 Å². The molecule has 2 aliphatic rings. The van der Waals surface area contributed by atoms with Crippen LogP contribution in [-0.2, 0) is 26.9 Å². The number of rotatable bonds is 11. The molecule has 32 heavy (non-hydrogen) atoms. The van der Waals surface area contributed by atoms with Crippen LogP contribution in [-0.4, -0.2) is 78.9 Å². The Hall–Kier alpha value is 2.53. The van der Waals surface area contributed by atoms with E-state index in [-0.39, 0.29) is 17.4 Å². The number of nitrogens with zero attached hydrogens (tertiary/aromatic N) is 1. The second-order valence-corrected chi connectivity index (χ2v) is 12.2. The van der Waals surface area contributed by atoms with Gasteiger partial charge in [-0.1, -0.05) is 20.3 Å². The van der Waals surface area contributed by atoms with Gasteiger partial charge in [-0.2, -0.15) is 0 Å². The van der Waals surface area contributed by atoms with E-state index in [1.54, 1.807) is 0 Å². The van der Waals surface area contributed by atoms with Crippen LogP contribution < -0.4 is 5.32 Å². The van der Waals surface area contributed by atoms with Crippen molar-refractivity contribution in [3.63, 3.8) is 0 Å². The second kappa shape index (κ2) is 18.7. The summed E-state index contributed by atoms with van der Waals surface area (Å²) in [4.78, 5) is 26.8. The fourth-order valence-corrected chi connectivity index (χ4v) is 7.30. The molecule has 2 rings (SSSR count). The number of hydrogen-bond acceptors (Lipinski definition) is 11. The predicted octanol–water partition coefficient (Wildman–Crippen LogP) is 5.42. The highest BCUT2D eigenvalue weighted by Crippen LogP contribution is 2.40. The molecule has 0 bridgehead atoms. The largest absolute Gasteiger partial charge is 0.356 e. The molecule has 15 heteroatoms. The minimum atomic E-state index is -0.863. The van der Waals surface area contributed by atoms with Crippen molar-refractivity contribution in [2.24, 2.45) is 0 Å². The first-order chi connectivity index (χ1) is 15.4. The summed E-state index contributed by atoms with van der Waals surface area (Å²) in [5.74, 6) is -0.172. The number of halogens is 3.